The van der Waals surface area contributed by atoms with Gasteiger partial charge >= 0.3 is 0 Å². The Morgan fingerprint density at radius 1 is 1.20 bits per heavy atom. The quantitative estimate of drug-likeness (QED) is 0.813. The number of ether oxygens (including phenoxy) is 1. The number of nitrogens with two attached hydrogens (primary N) is 1. The van der Waals surface area contributed by atoms with Crippen LogP contribution < -0.4 is 11.1 Å². The van der Waals surface area contributed by atoms with Crippen molar-refractivity contribution in [2.75, 3.05) is 11.9 Å². The summed E-state index contributed by atoms with van der Waals surface area (Å²) in [4.78, 5) is 11.9. The number of carbonyl (C=O) groups is 1. The van der Waals surface area contributed by atoms with Gasteiger partial charge in [0.25, 0.3) is 0 Å². The average Bonchev–Trinajstić information content (AvgIpc) is 2.74. The minimum absolute atomic E-state index is 0.102. The number of amides is 1. The first-order valence-electron chi connectivity index (χ1n) is 7.49. The van der Waals surface area contributed by atoms with Crippen LogP contribution in [0, 0.1) is 0 Å². The molecule has 4 heteroatoms. The fourth-order valence-electron chi connectivity index (χ4n) is 2.61. The third-order valence-electron chi connectivity index (χ3n) is 3.76. The van der Waals surface area contributed by atoms with Gasteiger partial charge in [-0.2, -0.15) is 0 Å². The molecule has 20 heavy (non-hydrogen) atoms. The number of rotatable bonds is 5. The van der Waals surface area contributed by atoms with E-state index in [9.17, 15) is 4.79 Å². The SMILES string of the molecule is NCc1ccccc1NC(=O)COC1CCCCCC1. The van der Waals surface area contributed by atoms with E-state index >= 15 is 0 Å². The fraction of sp³-hybridized carbons (Fsp3) is 0.562. The summed E-state index contributed by atoms with van der Waals surface area (Å²) in [6.07, 6.45) is 7.39. The minimum Gasteiger partial charge on any atom is -0.368 e. The summed E-state index contributed by atoms with van der Waals surface area (Å²) >= 11 is 0. The summed E-state index contributed by atoms with van der Waals surface area (Å²) < 4.78 is 5.73. The van der Waals surface area contributed by atoms with Crippen molar-refractivity contribution in [1.82, 2.24) is 0 Å². The zero-order valence-electron chi connectivity index (χ0n) is 11.9. The maximum absolute atomic E-state index is 11.9. The second-order valence-corrected chi connectivity index (χ2v) is 5.33. The Morgan fingerprint density at radius 2 is 1.90 bits per heavy atom. The molecule has 0 unspecified atom stereocenters. The molecule has 0 radical (unpaired) electrons. The minimum atomic E-state index is -0.102. The Hall–Kier alpha value is -1.39. The third-order valence-corrected chi connectivity index (χ3v) is 3.76. The number of benzene rings is 1. The van der Waals surface area contributed by atoms with E-state index in [2.05, 4.69) is 5.32 Å². The number of hydrogen-bond acceptors (Lipinski definition) is 3. The van der Waals surface area contributed by atoms with Crippen LogP contribution >= 0.6 is 0 Å². The van der Waals surface area contributed by atoms with E-state index in [-0.39, 0.29) is 18.6 Å². The Kier molecular flexibility index (Phi) is 6.02. The second-order valence-electron chi connectivity index (χ2n) is 5.33. The second kappa shape index (κ2) is 8.02. The van der Waals surface area contributed by atoms with Gasteiger partial charge in [0.2, 0.25) is 5.91 Å². The van der Waals surface area contributed by atoms with Crippen LogP contribution in [0.25, 0.3) is 0 Å². The van der Waals surface area contributed by atoms with Gasteiger partial charge in [-0.1, -0.05) is 43.9 Å². The van der Waals surface area contributed by atoms with E-state index in [1.807, 2.05) is 24.3 Å². The molecule has 1 aromatic rings. The fourth-order valence-corrected chi connectivity index (χ4v) is 2.61. The molecule has 0 heterocycles. The lowest BCUT2D eigenvalue weighted by atomic mass is 10.1. The van der Waals surface area contributed by atoms with Crippen molar-refractivity contribution in [2.24, 2.45) is 5.73 Å². The van der Waals surface area contributed by atoms with Crippen LogP contribution in [0.1, 0.15) is 44.1 Å². The summed E-state index contributed by atoms with van der Waals surface area (Å²) in [5.74, 6) is -0.102. The number of hydrogen-bond donors (Lipinski definition) is 2. The molecule has 110 valence electrons. The van der Waals surface area contributed by atoms with Crippen LogP contribution in [0.4, 0.5) is 5.69 Å². The van der Waals surface area contributed by atoms with Crippen LogP contribution in [0.15, 0.2) is 24.3 Å². The largest absolute Gasteiger partial charge is 0.368 e. The monoisotopic (exact) mass is 276 g/mol. The highest BCUT2D eigenvalue weighted by Gasteiger charge is 2.14. The molecule has 0 aromatic heterocycles. The molecular formula is C16H24N2O2. The first-order chi connectivity index (χ1) is 9.79. The van der Waals surface area contributed by atoms with Crippen molar-refractivity contribution in [3.63, 3.8) is 0 Å². The smallest absolute Gasteiger partial charge is 0.250 e. The maximum atomic E-state index is 11.9. The summed E-state index contributed by atoms with van der Waals surface area (Å²) in [6.45, 7) is 0.545. The van der Waals surface area contributed by atoms with Gasteiger partial charge in [-0.15, -0.1) is 0 Å². The van der Waals surface area contributed by atoms with Gasteiger partial charge in [0.15, 0.2) is 0 Å². The summed E-state index contributed by atoms with van der Waals surface area (Å²) in [5.41, 5.74) is 7.37. The van der Waals surface area contributed by atoms with Crippen molar-refractivity contribution in [3.05, 3.63) is 29.8 Å². The van der Waals surface area contributed by atoms with E-state index in [4.69, 9.17) is 10.5 Å². The molecule has 4 nitrogen and oxygen atoms in total. The van der Waals surface area contributed by atoms with Crippen molar-refractivity contribution < 1.29 is 9.53 Å². The zero-order valence-corrected chi connectivity index (χ0v) is 11.9. The standard InChI is InChI=1S/C16H24N2O2/c17-11-13-7-5-6-10-15(13)18-16(19)12-20-14-8-3-1-2-4-9-14/h5-7,10,14H,1-4,8-9,11-12,17H2,(H,18,19). The molecule has 1 saturated carbocycles. The summed E-state index contributed by atoms with van der Waals surface area (Å²) in [5, 5.41) is 2.87. The highest BCUT2D eigenvalue weighted by Crippen LogP contribution is 2.20. The van der Waals surface area contributed by atoms with E-state index in [1.165, 1.54) is 25.7 Å². The van der Waals surface area contributed by atoms with E-state index < -0.39 is 0 Å². The van der Waals surface area contributed by atoms with E-state index in [0.29, 0.717) is 6.54 Å². The summed E-state index contributed by atoms with van der Waals surface area (Å²) in [6, 6.07) is 7.59. The van der Waals surface area contributed by atoms with E-state index in [0.717, 1.165) is 24.1 Å². The first-order valence-corrected chi connectivity index (χ1v) is 7.49. The molecular weight excluding hydrogens is 252 g/mol. The molecule has 0 saturated heterocycles. The molecule has 1 aliphatic rings. The molecule has 2 rings (SSSR count). The van der Waals surface area contributed by atoms with Crippen molar-refractivity contribution in [2.45, 2.75) is 51.2 Å². The Bertz CT molecular complexity index is 426. The van der Waals surface area contributed by atoms with Crippen LogP contribution in [0.5, 0.6) is 0 Å². The molecule has 0 aliphatic heterocycles. The van der Waals surface area contributed by atoms with Crippen LogP contribution in [0.3, 0.4) is 0 Å². The molecule has 0 bridgehead atoms. The number of nitrogens with one attached hydrogen (secondary N) is 1. The number of carbonyl (C=O) groups excluding carboxylic acids is 1. The highest BCUT2D eigenvalue weighted by molar-refractivity contribution is 5.92. The lowest BCUT2D eigenvalue weighted by Gasteiger charge is -2.15. The highest BCUT2D eigenvalue weighted by atomic mass is 16.5. The molecule has 1 amide bonds. The van der Waals surface area contributed by atoms with Gasteiger partial charge in [-0.25, -0.2) is 0 Å². The number of para-hydroxylation sites is 1. The molecule has 0 atom stereocenters. The van der Waals surface area contributed by atoms with Crippen LogP contribution in [0.2, 0.25) is 0 Å². The molecule has 1 aromatic carbocycles. The topological polar surface area (TPSA) is 64.3 Å². The first kappa shape index (κ1) is 15.0. The predicted octanol–water partition coefficient (Wildman–Crippen LogP) is 2.82. The summed E-state index contributed by atoms with van der Waals surface area (Å²) in [7, 11) is 0. The van der Waals surface area contributed by atoms with Gasteiger partial charge in [0, 0.05) is 12.2 Å². The van der Waals surface area contributed by atoms with Gasteiger partial charge < -0.3 is 15.8 Å². The Labute approximate surface area is 120 Å². The van der Waals surface area contributed by atoms with Gasteiger partial charge in [-0.05, 0) is 24.5 Å². The lowest BCUT2D eigenvalue weighted by Crippen LogP contribution is -2.23. The van der Waals surface area contributed by atoms with Crippen LogP contribution in [-0.2, 0) is 16.1 Å². The van der Waals surface area contributed by atoms with Gasteiger partial charge in [0.05, 0.1) is 6.10 Å². The van der Waals surface area contributed by atoms with Crippen LogP contribution in [-0.4, -0.2) is 18.6 Å². The van der Waals surface area contributed by atoms with Gasteiger partial charge in [-0.3, -0.25) is 4.79 Å². The van der Waals surface area contributed by atoms with E-state index in [1.54, 1.807) is 0 Å². The van der Waals surface area contributed by atoms with Crippen molar-refractivity contribution in [1.29, 1.82) is 0 Å². The molecule has 3 N–H and O–H groups in total. The van der Waals surface area contributed by atoms with Gasteiger partial charge in [0.1, 0.15) is 6.61 Å². The normalized spacial score (nSPS) is 16.6. The maximum Gasteiger partial charge on any atom is 0.250 e. The third kappa shape index (κ3) is 4.62. The van der Waals surface area contributed by atoms with Crippen molar-refractivity contribution in [3.8, 4) is 0 Å². The molecule has 1 aliphatic carbocycles. The molecule has 0 spiro atoms. The molecule has 1 fully saturated rings. The Balaban J connectivity index is 1.80. The lowest BCUT2D eigenvalue weighted by molar-refractivity contribution is -0.122. The Morgan fingerprint density at radius 3 is 2.60 bits per heavy atom. The zero-order chi connectivity index (χ0) is 14.2. The number of anilines is 1. The predicted molar refractivity (Wildman–Crippen MR) is 80.4 cm³/mol. The average molecular weight is 276 g/mol. The van der Waals surface area contributed by atoms with Crippen molar-refractivity contribution >= 4 is 11.6 Å².